The summed E-state index contributed by atoms with van der Waals surface area (Å²) in [5.41, 5.74) is 2.56. The van der Waals surface area contributed by atoms with E-state index in [1.165, 1.54) is 18.5 Å². The van der Waals surface area contributed by atoms with Crippen molar-refractivity contribution in [2.24, 2.45) is 16.9 Å². The number of anilines is 3. The standard InChI is InChI=1S/C32H38ClF3N8O3/c33-26-5-4-23(14-25(26)32(34,35)36)40-30-24-15-28(29(47-19-21-2-3-21)16-27(24)37-20-38-30)41-31(45)42-39-17-22-6-9-44(18-22)8-1-7-43-10-12-46-13-11-43/h4-5,14-17,20-22H,1-3,6-13,18-19H2,(H,37,38,40)(H2,41,42,45)/b39-17+. The average molecular weight is 675 g/mol. The van der Waals surface area contributed by atoms with Crippen molar-refractivity contribution in [2.45, 2.75) is 31.9 Å². The lowest BCUT2D eigenvalue weighted by Gasteiger charge is -2.27. The van der Waals surface area contributed by atoms with Gasteiger partial charge in [-0.05, 0) is 75.5 Å². The third-order valence-corrected chi connectivity index (χ3v) is 8.83. The van der Waals surface area contributed by atoms with Crippen molar-refractivity contribution in [2.75, 3.05) is 69.7 Å². The topological polar surface area (TPSA) is 116 Å². The van der Waals surface area contributed by atoms with Crippen molar-refractivity contribution >= 4 is 51.9 Å². The maximum Gasteiger partial charge on any atom is 0.417 e. The number of fused-ring (bicyclic) bond motifs is 1. The van der Waals surface area contributed by atoms with Crippen LogP contribution >= 0.6 is 11.6 Å². The Kier molecular flexibility index (Phi) is 10.6. The predicted octanol–water partition coefficient (Wildman–Crippen LogP) is 5.99. The number of ether oxygens (including phenoxy) is 2. The minimum atomic E-state index is -4.62. The van der Waals surface area contributed by atoms with E-state index in [1.54, 1.807) is 18.3 Å². The van der Waals surface area contributed by atoms with Crippen LogP contribution in [0.5, 0.6) is 5.75 Å². The minimum absolute atomic E-state index is 0.139. The van der Waals surface area contributed by atoms with Gasteiger partial charge in [-0.2, -0.15) is 18.3 Å². The zero-order valence-electron chi connectivity index (χ0n) is 25.9. The molecule has 3 aliphatic rings. The summed E-state index contributed by atoms with van der Waals surface area (Å²) in [6, 6.07) is 6.28. The number of likely N-dealkylation sites (tertiary alicyclic amines) is 1. The SMILES string of the molecule is O=C(N/N=C/C1CCN(CCCN2CCOCC2)C1)Nc1cc2c(Nc3ccc(Cl)c(C(F)(F)F)c3)ncnc2cc1OCC1CC1. The normalized spacial score (nSPS) is 19.4. The maximum atomic E-state index is 13.5. The molecule has 3 aromatic rings. The number of urea groups is 1. The molecule has 1 aromatic heterocycles. The zero-order chi connectivity index (χ0) is 32.8. The number of hydrazone groups is 1. The average Bonchev–Trinajstić information content (AvgIpc) is 3.78. The third-order valence-electron chi connectivity index (χ3n) is 8.50. The first-order chi connectivity index (χ1) is 22.7. The Morgan fingerprint density at radius 3 is 2.68 bits per heavy atom. The molecule has 2 aliphatic heterocycles. The second kappa shape index (κ2) is 15.0. The molecule has 1 saturated carbocycles. The summed E-state index contributed by atoms with van der Waals surface area (Å²) < 4.78 is 51.8. The molecule has 2 saturated heterocycles. The number of carbonyl (C=O) groups excluding carboxylic acids is 1. The summed E-state index contributed by atoms with van der Waals surface area (Å²) in [4.78, 5) is 26.4. The van der Waals surface area contributed by atoms with Crippen LogP contribution in [0.15, 0.2) is 41.8 Å². The van der Waals surface area contributed by atoms with Gasteiger partial charge in [-0.3, -0.25) is 4.90 Å². The monoisotopic (exact) mass is 674 g/mol. The molecule has 2 amide bonds. The largest absolute Gasteiger partial charge is 0.491 e. The first-order valence-electron chi connectivity index (χ1n) is 15.9. The number of hydrogen-bond acceptors (Lipinski definition) is 9. The van der Waals surface area contributed by atoms with E-state index in [0.29, 0.717) is 34.9 Å². The van der Waals surface area contributed by atoms with E-state index in [4.69, 9.17) is 21.1 Å². The highest BCUT2D eigenvalue weighted by molar-refractivity contribution is 6.31. The number of benzene rings is 2. The van der Waals surface area contributed by atoms with E-state index >= 15 is 0 Å². The summed E-state index contributed by atoms with van der Waals surface area (Å²) in [5.74, 6) is 1.37. The van der Waals surface area contributed by atoms with Crippen LogP contribution in [0, 0.1) is 11.8 Å². The number of alkyl halides is 3. The smallest absolute Gasteiger partial charge is 0.417 e. The Hall–Kier alpha value is -3.72. The van der Waals surface area contributed by atoms with Crippen LogP contribution in [-0.2, 0) is 10.9 Å². The molecule has 47 heavy (non-hydrogen) atoms. The third kappa shape index (κ3) is 9.21. The van der Waals surface area contributed by atoms with Crippen molar-refractivity contribution in [1.82, 2.24) is 25.2 Å². The van der Waals surface area contributed by atoms with Gasteiger partial charge < -0.3 is 25.0 Å². The van der Waals surface area contributed by atoms with Crippen LogP contribution in [0.3, 0.4) is 0 Å². The molecular formula is C32H38ClF3N8O3. The van der Waals surface area contributed by atoms with Crippen LogP contribution in [0.4, 0.5) is 35.2 Å². The molecule has 0 spiro atoms. The Bertz CT molecular complexity index is 1580. The molecule has 15 heteroatoms. The van der Waals surface area contributed by atoms with Gasteiger partial charge in [-0.15, -0.1) is 0 Å². The lowest BCUT2D eigenvalue weighted by atomic mass is 10.1. The Balaban J connectivity index is 1.09. The summed E-state index contributed by atoms with van der Waals surface area (Å²) in [7, 11) is 0. The molecule has 252 valence electrons. The lowest BCUT2D eigenvalue weighted by molar-refractivity contribution is -0.137. The molecule has 6 rings (SSSR count). The zero-order valence-corrected chi connectivity index (χ0v) is 26.6. The van der Waals surface area contributed by atoms with E-state index < -0.39 is 22.8 Å². The van der Waals surface area contributed by atoms with Crippen molar-refractivity contribution in [1.29, 1.82) is 0 Å². The minimum Gasteiger partial charge on any atom is -0.491 e. The number of amides is 2. The Labute approximate surface area is 275 Å². The van der Waals surface area contributed by atoms with Crippen molar-refractivity contribution in [3.63, 3.8) is 0 Å². The molecule has 11 nitrogen and oxygen atoms in total. The highest BCUT2D eigenvalue weighted by atomic mass is 35.5. The second-order valence-corrected chi connectivity index (χ2v) is 12.6. The molecular weight excluding hydrogens is 637 g/mol. The molecule has 3 heterocycles. The maximum absolute atomic E-state index is 13.5. The molecule has 3 fully saturated rings. The van der Waals surface area contributed by atoms with E-state index in [9.17, 15) is 18.0 Å². The number of carbonyl (C=O) groups is 1. The fraction of sp³-hybridized carbons (Fsp3) is 0.500. The molecule has 0 radical (unpaired) electrons. The molecule has 2 aromatic carbocycles. The van der Waals surface area contributed by atoms with Gasteiger partial charge in [0.05, 0.1) is 41.6 Å². The van der Waals surface area contributed by atoms with Gasteiger partial charge in [0, 0.05) is 48.9 Å². The molecule has 1 aliphatic carbocycles. The van der Waals surface area contributed by atoms with E-state index in [1.807, 2.05) is 0 Å². The number of halogens is 4. The first-order valence-corrected chi connectivity index (χ1v) is 16.3. The Morgan fingerprint density at radius 2 is 1.89 bits per heavy atom. The van der Waals surface area contributed by atoms with Gasteiger partial charge in [-0.1, -0.05) is 11.6 Å². The van der Waals surface area contributed by atoms with Crippen LogP contribution in [0.25, 0.3) is 10.9 Å². The molecule has 1 atom stereocenters. The van der Waals surface area contributed by atoms with Gasteiger partial charge in [0.2, 0.25) is 0 Å². The highest BCUT2D eigenvalue weighted by Crippen LogP contribution is 2.38. The summed E-state index contributed by atoms with van der Waals surface area (Å²) in [6.45, 7) is 8.11. The summed E-state index contributed by atoms with van der Waals surface area (Å²) in [5, 5.41) is 10.0. The van der Waals surface area contributed by atoms with Gasteiger partial charge in [0.25, 0.3) is 0 Å². The quantitative estimate of drug-likeness (QED) is 0.159. The number of morpholine rings is 1. The van der Waals surface area contributed by atoms with Crippen LogP contribution < -0.4 is 20.8 Å². The van der Waals surface area contributed by atoms with E-state index in [2.05, 4.69) is 40.9 Å². The Morgan fingerprint density at radius 1 is 1.09 bits per heavy atom. The fourth-order valence-electron chi connectivity index (χ4n) is 5.73. The number of hydrogen-bond donors (Lipinski definition) is 3. The predicted molar refractivity (Wildman–Crippen MR) is 175 cm³/mol. The molecule has 1 unspecified atom stereocenters. The number of aromatic nitrogens is 2. The number of nitrogens with one attached hydrogen (secondary N) is 3. The van der Waals surface area contributed by atoms with Gasteiger partial charge >= 0.3 is 12.2 Å². The van der Waals surface area contributed by atoms with Crippen LogP contribution in [-0.4, -0.2) is 91.1 Å². The van der Waals surface area contributed by atoms with Crippen LogP contribution in [0.1, 0.15) is 31.2 Å². The van der Waals surface area contributed by atoms with Gasteiger partial charge in [0.15, 0.2) is 0 Å². The van der Waals surface area contributed by atoms with Crippen molar-refractivity contribution in [3.8, 4) is 5.75 Å². The fourth-order valence-corrected chi connectivity index (χ4v) is 5.96. The van der Waals surface area contributed by atoms with E-state index in [-0.39, 0.29) is 17.4 Å². The first kappa shape index (κ1) is 33.2. The van der Waals surface area contributed by atoms with Crippen LogP contribution in [0.2, 0.25) is 5.02 Å². The summed E-state index contributed by atoms with van der Waals surface area (Å²) >= 11 is 5.79. The number of nitrogens with zero attached hydrogens (tertiary/aromatic N) is 5. The highest BCUT2D eigenvalue weighted by Gasteiger charge is 2.33. The van der Waals surface area contributed by atoms with Crippen molar-refractivity contribution < 1.29 is 27.4 Å². The molecule has 0 bridgehead atoms. The van der Waals surface area contributed by atoms with E-state index in [0.717, 1.165) is 84.2 Å². The lowest BCUT2D eigenvalue weighted by Crippen LogP contribution is -2.38. The second-order valence-electron chi connectivity index (χ2n) is 12.2. The van der Waals surface area contributed by atoms with Gasteiger partial charge in [-0.25, -0.2) is 20.2 Å². The number of rotatable bonds is 12. The van der Waals surface area contributed by atoms with Crippen molar-refractivity contribution in [3.05, 3.63) is 47.2 Å². The molecule has 3 N–H and O–H groups in total. The van der Waals surface area contributed by atoms with Gasteiger partial charge in [0.1, 0.15) is 17.9 Å². The summed E-state index contributed by atoms with van der Waals surface area (Å²) in [6.07, 6.45) is 2.70.